The molecule has 0 atom stereocenters. The van der Waals surface area contributed by atoms with Crippen molar-refractivity contribution in [3.63, 3.8) is 0 Å². The van der Waals surface area contributed by atoms with Crippen LogP contribution < -0.4 is 15.7 Å². The Morgan fingerprint density at radius 1 is 1.09 bits per heavy atom. The summed E-state index contributed by atoms with van der Waals surface area (Å²) in [7, 11) is -2.21. The maximum Gasteiger partial charge on any atom is 0.363 e. The van der Waals surface area contributed by atoms with Crippen LogP contribution in [0.3, 0.4) is 0 Å². The molecule has 0 saturated carbocycles. The Hall–Kier alpha value is -2.32. The van der Waals surface area contributed by atoms with Gasteiger partial charge in [0.05, 0.1) is 5.69 Å². The highest BCUT2D eigenvalue weighted by atomic mass is 32.2. The monoisotopic (exact) mass is 336 g/mol. The summed E-state index contributed by atoms with van der Waals surface area (Å²) in [6, 6.07) is 10.00. The van der Waals surface area contributed by atoms with Gasteiger partial charge in [0.25, 0.3) is 10.0 Å². The van der Waals surface area contributed by atoms with E-state index >= 15 is 0 Å². The number of nitrogens with one attached hydrogen (secondary N) is 2. The average Bonchev–Trinajstić information content (AvgIpc) is 3.03. The number of para-hydroxylation sites is 1. The van der Waals surface area contributed by atoms with Gasteiger partial charge in [0.1, 0.15) is 9.79 Å². The van der Waals surface area contributed by atoms with Gasteiger partial charge in [-0.05, 0) is 23.6 Å². The summed E-state index contributed by atoms with van der Waals surface area (Å²) in [6.45, 7) is 0. The van der Waals surface area contributed by atoms with E-state index in [1.165, 1.54) is 6.07 Å². The zero-order valence-corrected chi connectivity index (χ0v) is 13.1. The molecule has 0 bridgehead atoms. The lowest BCUT2D eigenvalue weighted by molar-refractivity contribution is 0.563. The van der Waals surface area contributed by atoms with Crippen LogP contribution in [0.5, 0.6) is 0 Å². The van der Waals surface area contributed by atoms with Crippen LogP contribution in [0.2, 0.25) is 0 Å². The van der Waals surface area contributed by atoms with Crippen molar-refractivity contribution >= 4 is 43.7 Å². The van der Waals surface area contributed by atoms with Crippen LogP contribution >= 0.6 is 11.3 Å². The van der Waals surface area contributed by atoms with Crippen molar-refractivity contribution in [1.29, 1.82) is 0 Å². The Balaban J connectivity index is 2.19. The van der Waals surface area contributed by atoms with Gasteiger partial charge < -0.3 is 9.73 Å². The van der Waals surface area contributed by atoms with Gasteiger partial charge in [0, 0.05) is 12.4 Å². The maximum absolute atomic E-state index is 12.3. The normalized spacial score (nSPS) is 11.5. The van der Waals surface area contributed by atoms with Crippen LogP contribution in [0, 0.1) is 0 Å². The molecule has 2 heterocycles. The molecule has 8 heteroatoms. The van der Waals surface area contributed by atoms with Crippen molar-refractivity contribution in [2.24, 2.45) is 0 Å². The van der Waals surface area contributed by atoms with E-state index < -0.39 is 15.6 Å². The molecule has 0 aliphatic carbocycles. The number of rotatable bonds is 4. The summed E-state index contributed by atoms with van der Waals surface area (Å²) in [5.74, 6) is 0. The van der Waals surface area contributed by atoms with Gasteiger partial charge in [0.15, 0.2) is 5.69 Å². The fourth-order valence-corrected chi connectivity index (χ4v) is 4.16. The van der Waals surface area contributed by atoms with E-state index in [2.05, 4.69) is 10.0 Å². The second-order valence-corrected chi connectivity index (χ2v) is 7.28. The molecule has 0 saturated heterocycles. The number of benzene rings is 1. The number of hydrogen-bond donors (Lipinski definition) is 2. The Labute approximate surface area is 130 Å². The molecule has 0 amide bonds. The zero-order chi connectivity index (χ0) is 15.7. The summed E-state index contributed by atoms with van der Waals surface area (Å²) in [5, 5.41) is 5.13. The Morgan fingerprint density at radius 3 is 2.55 bits per heavy atom. The minimum Gasteiger partial charge on any atom is -0.421 e. The van der Waals surface area contributed by atoms with E-state index in [9.17, 15) is 13.2 Å². The summed E-state index contributed by atoms with van der Waals surface area (Å²) in [4.78, 5) is 12.1. The molecule has 0 unspecified atom stereocenters. The fraction of sp³-hybridized carbons (Fsp3) is 0.0714. The third-order valence-corrected chi connectivity index (χ3v) is 5.81. The number of fused-ring (bicyclic) bond motifs is 1. The molecular formula is C14H12N2O4S2. The lowest BCUT2D eigenvalue weighted by atomic mass is 10.2. The first-order chi connectivity index (χ1) is 10.5. The van der Waals surface area contributed by atoms with Crippen molar-refractivity contribution in [3.05, 3.63) is 52.2 Å². The van der Waals surface area contributed by atoms with Gasteiger partial charge in [-0.15, -0.1) is 11.3 Å². The predicted octanol–water partition coefficient (Wildman–Crippen LogP) is 2.70. The van der Waals surface area contributed by atoms with Gasteiger partial charge in [0.2, 0.25) is 0 Å². The molecular weight excluding hydrogens is 324 g/mol. The highest BCUT2D eigenvalue weighted by Gasteiger charge is 2.21. The van der Waals surface area contributed by atoms with Gasteiger partial charge in [-0.25, -0.2) is 13.2 Å². The van der Waals surface area contributed by atoms with Crippen LogP contribution in [0.1, 0.15) is 0 Å². The fourth-order valence-electron chi connectivity index (χ4n) is 2.10. The Kier molecular flexibility index (Phi) is 3.63. The molecule has 3 aromatic rings. The largest absolute Gasteiger partial charge is 0.421 e. The molecule has 114 valence electrons. The minimum atomic E-state index is -3.83. The van der Waals surface area contributed by atoms with E-state index in [4.69, 9.17) is 4.42 Å². The lowest BCUT2D eigenvalue weighted by Crippen LogP contribution is -2.19. The summed E-state index contributed by atoms with van der Waals surface area (Å²) >= 11 is 1.07. The van der Waals surface area contributed by atoms with Crippen molar-refractivity contribution in [2.75, 3.05) is 17.1 Å². The molecule has 3 rings (SSSR count). The molecule has 2 N–H and O–H groups in total. The smallest absolute Gasteiger partial charge is 0.363 e. The van der Waals surface area contributed by atoms with Gasteiger partial charge in [-0.3, -0.25) is 4.72 Å². The molecule has 0 aliphatic heterocycles. The SMILES string of the molecule is CNc1c(NS(=O)(=O)c2cccs2)c(=O)oc2ccccc12. The highest BCUT2D eigenvalue weighted by Crippen LogP contribution is 2.30. The van der Waals surface area contributed by atoms with E-state index in [0.717, 1.165) is 11.3 Å². The standard InChI is InChI=1S/C14H12N2O4S2/c1-15-12-9-5-2-3-6-10(9)20-14(17)13(12)16-22(18,19)11-7-4-8-21-11/h2-8,15-16H,1H3. The van der Waals surface area contributed by atoms with Crippen LogP contribution in [0.15, 0.2) is 55.2 Å². The first-order valence-corrected chi connectivity index (χ1v) is 8.69. The Bertz CT molecular complexity index is 976. The molecule has 0 spiro atoms. The van der Waals surface area contributed by atoms with Crippen LogP contribution in [0.4, 0.5) is 11.4 Å². The van der Waals surface area contributed by atoms with Crippen molar-refractivity contribution < 1.29 is 12.8 Å². The number of sulfonamides is 1. The molecule has 1 aromatic carbocycles. The van der Waals surface area contributed by atoms with Crippen molar-refractivity contribution in [1.82, 2.24) is 0 Å². The Morgan fingerprint density at radius 2 is 1.86 bits per heavy atom. The minimum absolute atomic E-state index is 0.127. The van der Waals surface area contributed by atoms with Crippen molar-refractivity contribution in [3.8, 4) is 0 Å². The first kappa shape index (κ1) is 14.6. The van der Waals surface area contributed by atoms with Gasteiger partial charge in [-0.2, -0.15) is 0 Å². The number of hydrogen-bond acceptors (Lipinski definition) is 6. The second kappa shape index (κ2) is 5.47. The van der Waals surface area contributed by atoms with Crippen LogP contribution in [-0.4, -0.2) is 15.5 Å². The van der Waals surface area contributed by atoms with Crippen molar-refractivity contribution in [2.45, 2.75) is 4.21 Å². The summed E-state index contributed by atoms with van der Waals surface area (Å²) < 4.78 is 32.2. The molecule has 22 heavy (non-hydrogen) atoms. The second-order valence-electron chi connectivity index (χ2n) is 4.42. The number of thiophene rings is 1. The maximum atomic E-state index is 12.3. The molecule has 0 radical (unpaired) electrons. The predicted molar refractivity (Wildman–Crippen MR) is 87.2 cm³/mol. The third-order valence-electron chi connectivity index (χ3n) is 3.06. The van der Waals surface area contributed by atoms with Crippen LogP contribution in [0.25, 0.3) is 11.0 Å². The van der Waals surface area contributed by atoms with E-state index in [0.29, 0.717) is 16.7 Å². The molecule has 0 fully saturated rings. The quantitative estimate of drug-likeness (QED) is 0.715. The average molecular weight is 336 g/mol. The molecule has 0 aliphatic rings. The van der Waals surface area contributed by atoms with Gasteiger partial charge in [-0.1, -0.05) is 18.2 Å². The lowest BCUT2D eigenvalue weighted by Gasteiger charge is -2.12. The number of anilines is 2. The van der Waals surface area contributed by atoms with E-state index in [1.54, 1.807) is 42.8 Å². The highest BCUT2D eigenvalue weighted by molar-refractivity contribution is 7.94. The molecule has 6 nitrogen and oxygen atoms in total. The summed E-state index contributed by atoms with van der Waals surface area (Å²) in [6.07, 6.45) is 0. The van der Waals surface area contributed by atoms with Gasteiger partial charge >= 0.3 is 5.63 Å². The topological polar surface area (TPSA) is 88.4 Å². The van der Waals surface area contributed by atoms with E-state index in [-0.39, 0.29) is 9.90 Å². The third kappa shape index (κ3) is 2.46. The van der Waals surface area contributed by atoms with E-state index in [1.807, 2.05) is 0 Å². The first-order valence-electron chi connectivity index (χ1n) is 6.33. The van der Waals surface area contributed by atoms with Crippen LogP contribution in [-0.2, 0) is 10.0 Å². The zero-order valence-electron chi connectivity index (χ0n) is 11.5. The summed E-state index contributed by atoms with van der Waals surface area (Å²) in [5.41, 5.74) is -0.110. The molecule has 2 aromatic heterocycles.